The van der Waals surface area contributed by atoms with Crippen LogP contribution < -0.4 is 5.32 Å². The fourth-order valence-electron chi connectivity index (χ4n) is 1.30. The van der Waals surface area contributed by atoms with Crippen molar-refractivity contribution in [3.05, 3.63) is 0 Å². The maximum absolute atomic E-state index is 11.4. The lowest BCUT2D eigenvalue weighted by Gasteiger charge is -2.26. The smallest absolute Gasteiger partial charge is 0.288 e. The van der Waals surface area contributed by atoms with Crippen molar-refractivity contribution < 1.29 is 14.7 Å². The first kappa shape index (κ1) is 12.5. The second kappa shape index (κ2) is 6.09. The van der Waals surface area contributed by atoms with Crippen LogP contribution in [0.1, 0.15) is 13.3 Å². The van der Waals surface area contributed by atoms with Gasteiger partial charge in [0, 0.05) is 18.7 Å². The highest BCUT2D eigenvalue weighted by atomic mass is 32.2. The van der Waals surface area contributed by atoms with Crippen molar-refractivity contribution in [2.45, 2.75) is 19.4 Å². The van der Waals surface area contributed by atoms with Crippen molar-refractivity contribution in [1.29, 1.82) is 0 Å². The van der Waals surface area contributed by atoms with Gasteiger partial charge < -0.3 is 10.4 Å². The Morgan fingerprint density at radius 1 is 1.60 bits per heavy atom. The molecular weight excluding hydrogens is 216 g/mol. The minimum Gasteiger partial charge on any atom is -0.390 e. The minimum absolute atomic E-state index is 0.0949. The van der Waals surface area contributed by atoms with E-state index in [0.29, 0.717) is 18.7 Å². The summed E-state index contributed by atoms with van der Waals surface area (Å²) in [5, 5.41) is 12.3. The number of amides is 2. The van der Waals surface area contributed by atoms with E-state index < -0.39 is 6.10 Å². The summed E-state index contributed by atoms with van der Waals surface area (Å²) in [6, 6.07) is 0. The van der Waals surface area contributed by atoms with Gasteiger partial charge in [0.05, 0.1) is 12.6 Å². The molecule has 0 aromatic heterocycles. The summed E-state index contributed by atoms with van der Waals surface area (Å²) in [5.74, 6) is 0.367. The Balaban J connectivity index is 2.40. The number of β-amino-alcohol motifs (C(OH)–C–C–N with tert-alkyl or cyclic N) is 1. The first-order valence-corrected chi connectivity index (χ1v) is 5.99. The van der Waals surface area contributed by atoms with Gasteiger partial charge in [0.1, 0.15) is 0 Å². The zero-order valence-corrected chi connectivity index (χ0v) is 9.55. The molecule has 1 atom stereocenters. The van der Waals surface area contributed by atoms with Crippen molar-refractivity contribution in [3.8, 4) is 0 Å². The lowest BCUT2D eigenvalue weighted by molar-refractivity contribution is -0.128. The number of aliphatic hydroxyl groups excluding tert-OH is 1. The summed E-state index contributed by atoms with van der Waals surface area (Å²) in [4.78, 5) is 23.9. The van der Waals surface area contributed by atoms with Crippen molar-refractivity contribution in [1.82, 2.24) is 10.2 Å². The number of imide groups is 1. The molecule has 5 nitrogen and oxygen atoms in total. The Morgan fingerprint density at radius 2 is 2.33 bits per heavy atom. The Kier molecular flexibility index (Phi) is 5.07. The zero-order valence-electron chi connectivity index (χ0n) is 8.73. The lowest BCUT2D eigenvalue weighted by Crippen LogP contribution is -2.45. The lowest BCUT2D eigenvalue weighted by atomic mass is 10.3. The fraction of sp³-hybridized carbons (Fsp3) is 0.778. The van der Waals surface area contributed by atoms with Crippen LogP contribution in [-0.2, 0) is 4.79 Å². The second-order valence-electron chi connectivity index (χ2n) is 3.33. The van der Waals surface area contributed by atoms with Crippen molar-refractivity contribution in [2.24, 2.45) is 0 Å². The highest BCUT2D eigenvalue weighted by molar-refractivity contribution is 8.13. The fourth-order valence-corrected chi connectivity index (χ4v) is 2.09. The van der Waals surface area contributed by atoms with Gasteiger partial charge in [-0.05, 0) is 6.54 Å². The molecule has 0 bridgehead atoms. The predicted octanol–water partition coefficient (Wildman–Crippen LogP) is 0.0423. The maximum Gasteiger partial charge on any atom is 0.288 e. The van der Waals surface area contributed by atoms with Gasteiger partial charge in [-0.15, -0.1) is 0 Å². The molecule has 2 N–H and O–H groups in total. The van der Waals surface area contributed by atoms with E-state index in [0.717, 1.165) is 23.2 Å². The normalized spacial score (nSPS) is 19.5. The number of nitrogens with one attached hydrogen (secondary N) is 1. The number of thioether (sulfide) groups is 1. The summed E-state index contributed by atoms with van der Waals surface area (Å²) in [6.07, 6.45) is -0.304. The third-order valence-corrected chi connectivity index (χ3v) is 2.96. The van der Waals surface area contributed by atoms with Crippen LogP contribution in [-0.4, -0.2) is 52.6 Å². The van der Waals surface area contributed by atoms with Crippen LogP contribution in [0.3, 0.4) is 0 Å². The molecule has 0 radical (unpaired) electrons. The molecule has 1 aliphatic heterocycles. The summed E-state index contributed by atoms with van der Waals surface area (Å²) >= 11 is 1.13. The van der Waals surface area contributed by atoms with Crippen molar-refractivity contribution in [2.75, 3.05) is 25.4 Å². The van der Waals surface area contributed by atoms with Crippen LogP contribution in [0.5, 0.6) is 0 Å². The SMILES string of the molecule is CCNCC(O)CN1C(=O)CCSC1=O. The molecule has 1 unspecified atom stereocenters. The Hall–Kier alpha value is -0.590. The summed E-state index contributed by atoms with van der Waals surface area (Å²) < 4.78 is 0. The number of hydrogen-bond acceptors (Lipinski definition) is 5. The van der Waals surface area contributed by atoms with Gasteiger partial charge in [0.25, 0.3) is 5.24 Å². The van der Waals surface area contributed by atoms with Crippen molar-refractivity contribution in [3.63, 3.8) is 0 Å². The molecule has 15 heavy (non-hydrogen) atoms. The number of carbonyl (C=O) groups is 2. The molecule has 2 amide bonds. The Morgan fingerprint density at radius 3 is 2.93 bits per heavy atom. The first-order valence-electron chi connectivity index (χ1n) is 5.01. The van der Waals surface area contributed by atoms with Crippen LogP contribution in [0.25, 0.3) is 0 Å². The molecule has 86 valence electrons. The van der Waals surface area contributed by atoms with Gasteiger partial charge in [0.15, 0.2) is 0 Å². The van der Waals surface area contributed by atoms with Gasteiger partial charge in [-0.1, -0.05) is 18.7 Å². The number of hydrogen-bond donors (Lipinski definition) is 2. The molecule has 6 heteroatoms. The molecule has 1 heterocycles. The molecule has 0 aliphatic carbocycles. The average Bonchev–Trinajstić information content (AvgIpc) is 2.21. The zero-order chi connectivity index (χ0) is 11.3. The molecule has 1 rings (SSSR count). The molecule has 0 spiro atoms. The number of likely N-dealkylation sites (N-methyl/N-ethyl adjacent to an activating group) is 1. The average molecular weight is 232 g/mol. The van der Waals surface area contributed by atoms with E-state index in [2.05, 4.69) is 5.32 Å². The van der Waals surface area contributed by atoms with Crippen LogP contribution in [0, 0.1) is 0 Å². The van der Waals surface area contributed by atoms with Gasteiger partial charge >= 0.3 is 0 Å². The minimum atomic E-state index is -0.684. The monoisotopic (exact) mass is 232 g/mol. The third-order valence-electron chi connectivity index (χ3n) is 2.09. The van der Waals surface area contributed by atoms with E-state index in [1.54, 1.807) is 0 Å². The molecule has 0 aromatic carbocycles. The molecule has 1 aliphatic rings. The van der Waals surface area contributed by atoms with Gasteiger partial charge in [-0.25, -0.2) is 0 Å². The standard InChI is InChI=1S/C9H16N2O3S/c1-2-10-5-7(12)6-11-8(13)3-4-15-9(11)14/h7,10,12H,2-6H2,1H3. The summed E-state index contributed by atoms with van der Waals surface area (Å²) in [5.41, 5.74) is 0. The number of carbonyl (C=O) groups excluding carboxylic acids is 2. The topological polar surface area (TPSA) is 69.6 Å². The van der Waals surface area contributed by atoms with Crippen molar-refractivity contribution >= 4 is 22.9 Å². The molecule has 0 saturated carbocycles. The maximum atomic E-state index is 11.4. The Labute approximate surface area is 93.2 Å². The van der Waals surface area contributed by atoms with Gasteiger partial charge in [-0.3, -0.25) is 14.5 Å². The van der Waals surface area contributed by atoms with E-state index >= 15 is 0 Å². The molecule has 0 aromatic rings. The van der Waals surface area contributed by atoms with Gasteiger partial charge in [-0.2, -0.15) is 0 Å². The van der Waals surface area contributed by atoms with Crippen LogP contribution in [0.2, 0.25) is 0 Å². The van der Waals surface area contributed by atoms with Crippen LogP contribution in [0.4, 0.5) is 4.79 Å². The Bertz CT molecular complexity index is 232. The van der Waals surface area contributed by atoms with E-state index in [1.165, 1.54) is 0 Å². The van der Waals surface area contributed by atoms with E-state index in [4.69, 9.17) is 0 Å². The first-order chi connectivity index (χ1) is 7.15. The highest BCUT2D eigenvalue weighted by Gasteiger charge is 2.28. The molecular formula is C9H16N2O3S. The predicted molar refractivity (Wildman–Crippen MR) is 58.7 cm³/mol. The van der Waals surface area contributed by atoms with Crippen LogP contribution >= 0.6 is 11.8 Å². The summed E-state index contributed by atoms with van der Waals surface area (Å²) in [7, 11) is 0. The quantitative estimate of drug-likeness (QED) is 0.700. The summed E-state index contributed by atoms with van der Waals surface area (Å²) in [6.45, 7) is 3.18. The number of nitrogens with zero attached hydrogens (tertiary/aromatic N) is 1. The van der Waals surface area contributed by atoms with E-state index in [9.17, 15) is 14.7 Å². The van der Waals surface area contributed by atoms with Gasteiger partial charge in [0.2, 0.25) is 5.91 Å². The van der Waals surface area contributed by atoms with Crippen LogP contribution in [0.15, 0.2) is 0 Å². The number of rotatable bonds is 5. The van der Waals surface area contributed by atoms with E-state index in [1.807, 2.05) is 6.92 Å². The van der Waals surface area contributed by atoms with E-state index in [-0.39, 0.29) is 17.7 Å². The second-order valence-corrected chi connectivity index (χ2v) is 4.38. The molecule has 1 fully saturated rings. The molecule has 1 saturated heterocycles. The largest absolute Gasteiger partial charge is 0.390 e. The highest BCUT2D eigenvalue weighted by Crippen LogP contribution is 2.18. The third kappa shape index (κ3) is 3.81. The number of aliphatic hydroxyl groups is 1.